The molecule has 6 heteroatoms. The predicted octanol–water partition coefficient (Wildman–Crippen LogP) is 2.41. The van der Waals surface area contributed by atoms with Crippen molar-refractivity contribution >= 4 is 11.7 Å². The van der Waals surface area contributed by atoms with Gasteiger partial charge in [0.1, 0.15) is 11.6 Å². The van der Waals surface area contributed by atoms with Crippen molar-refractivity contribution in [1.82, 2.24) is 15.2 Å². The van der Waals surface area contributed by atoms with E-state index in [0.717, 1.165) is 50.4 Å². The smallest absolute Gasteiger partial charge is 0.234 e. The fourth-order valence-corrected chi connectivity index (χ4v) is 3.92. The molecule has 1 aliphatic heterocycles. The Hall–Kier alpha value is -2.47. The van der Waals surface area contributed by atoms with Crippen LogP contribution in [0.2, 0.25) is 0 Å². The topological polar surface area (TPSA) is 48.5 Å². The van der Waals surface area contributed by atoms with Gasteiger partial charge in [0.15, 0.2) is 0 Å². The van der Waals surface area contributed by atoms with Gasteiger partial charge < -0.3 is 10.2 Å². The van der Waals surface area contributed by atoms with E-state index in [2.05, 4.69) is 20.1 Å². The monoisotopic (exact) mass is 368 g/mol. The average Bonchev–Trinajstić information content (AvgIpc) is 2.66. The number of hydrogen-bond acceptors (Lipinski definition) is 4. The number of benzene rings is 1. The zero-order chi connectivity index (χ0) is 18.6. The number of carbonyl (C=O) groups is 1. The van der Waals surface area contributed by atoms with E-state index in [0.29, 0.717) is 12.5 Å². The van der Waals surface area contributed by atoms with Gasteiger partial charge >= 0.3 is 0 Å². The lowest BCUT2D eigenvalue weighted by Gasteiger charge is -2.38. The predicted molar refractivity (Wildman–Crippen MR) is 103 cm³/mol. The third-order valence-electron chi connectivity index (χ3n) is 5.54. The van der Waals surface area contributed by atoms with E-state index in [1.54, 1.807) is 12.1 Å². The van der Waals surface area contributed by atoms with E-state index >= 15 is 0 Å². The van der Waals surface area contributed by atoms with Crippen LogP contribution >= 0.6 is 0 Å². The van der Waals surface area contributed by atoms with Crippen LogP contribution in [0.4, 0.5) is 10.2 Å². The second kappa shape index (κ2) is 8.05. The largest absolute Gasteiger partial charge is 0.354 e. The lowest BCUT2D eigenvalue weighted by molar-refractivity contribution is -0.123. The molecule has 1 aromatic heterocycles. The number of nitrogens with one attached hydrogen (secondary N) is 1. The standard InChI is InChI=1S/C21H25FN4O/c22-18-5-3-4-16(12-18)17-13-19(14-17)24-21(27)15-25-8-10-26(11-9-25)20-6-1-2-7-23-20/h1-7,12,17,19H,8-11,13-15H2,(H,24,27). The van der Waals surface area contributed by atoms with Crippen molar-refractivity contribution in [3.63, 3.8) is 0 Å². The molecule has 2 fully saturated rings. The summed E-state index contributed by atoms with van der Waals surface area (Å²) in [5.41, 5.74) is 1.03. The summed E-state index contributed by atoms with van der Waals surface area (Å²) in [6, 6.07) is 12.9. The molecule has 2 aromatic rings. The molecule has 0 spiro atoms. The number of nitrogens with zero attached hydrogens (tertiary/aromatic N) is 3. The Kier molecular flexibility index (Phi) is 5.34. The molecule has 1 amide bonds. The van der Waals surface area contributed by atoms with Crippen molar-refractivity contribution < 1.29 is 9.18 Å². The van der Waals surface area contributed by atoms with E-state index in [-0.39, 0.29) is 17.8 Å². The molecule has 1 saturated carbocycles. The molecule has 27 heavy (non-hydrogen) atoms. The second-order valence-corrected chi connectivity index (χ2v) is 7.44. The van der Waals surface area contributed by atoms with Crippen LogP contribution in [0.5, 0.6) is 0 Å². The summed E-state index contributed by atoms with van der Waals surface area (Å²) < 4.78 is 13.3. The van der Waals surface area contributed by atoms with Crippen LogP contribution in [0.1, 0.15) is 24.3 Å². The number of rotatable bonds is 5. The maximum Gasteiger partial charge on any atom is 0.234 e. The minimum absolute atomic E-state index is 0.0870. The van der Waals surface area contributed by atoms with Crippen LogP contribution in [-0.2, 0) is 4.79 Å². The van der Waals surface area contributed by atoms with Crippen LogP contribution in [0.25, 0.3) is 0 Å². The van der Waals surface area contributed by atoms with Gasteiger partial charge in [0.2, 0.25) is 5.91 Å². The minimum atomic E-state index is -0.190. The van der Waals surface area contributed by atoms with Crippen LogP contribution in [-0.4, -0.2) is 54.6 Å². The molecule has 2 aliphatic rings. The first-order valence-electron chi connectivity index (χ1n) is 9.60. The molecule has 0 atom stereocenters. The van der Waals surface area contributed by atoms with E-state index < -0.39 is 0 Å². The number of pyridine rings is 1. The highest BCUT2D eigenvalue weighted by Gasteiger charge is 2.32. The van der Waals surface area contributed by atoms with Gasteiger partial charge in [-0.3, -0.25) is 9.69 Å². The van der Waals surface area contributed by atoms with Crippen molar-refractivity contribution in [3.05, 3.63) is 60.0 Å². The van der Waals surface area contributed by atoms with Gasteiger partial charge in [-0.2, -0.15) is 0 Å². The molecule has 1 N–H and O–H groups in total. The summed E-state index contributed by atoms with van der Waals surface area (Å²) in [6.07, 6.45) is 3.59. The van der Waals surface area contributed by atoms with Gasteiger partial charge in [0, 0.05) is 38.4 Å². The number of aromatic nitrogens is 1. The Balaban J connectivity index is 1.18. The molecule has 1 saturated heterocycles. The van der Waals surface area contributed by atoms with Crippen molar-refractivity contribution in [2.45, 2.75) is 24.8 Å². The molecule has 142 valence electrons. The molecule has 2 heterocycles. The summed E-state index contributed by atoms with van der Waals surface area (Å²) in [7, 11) is 0. The van der Waals surface area contributed by atoms with Crippen LogP contribution in [0, 0.1) is 5.82 Å². The van der Waals surface area contributed by atoms with Crippen molar-refractivity contribution in [2.24, 2.45) is 0 Å². The molecule has 0 radical (unpaired) electrons. The second-order valence-electron chi connectivity index (χ2n) is 7.44. The third-order valence-corrected chi connectivity index (χ3v) is 5.54. The Labute approximate surface area is 159 Å². The highest BCUT2D eigenvalue weighted by molar-refractivity contribution is 5.78. The minimum Gasteiger partial charge on any atom is -0.354 e. The van der Waals surface area contributed by atoms with Crippen LogP contribution < -0.4 is 10.2 Å². The van der Waals surface area contributed by atoms with Gasteiger partial charge in [-0.25, -0.2) is 9.37 Å². The zero-order valence-electron chi connectivity index (χ0n) is 15.4. The van der Waals surface area contributed by atoms with Crippen molar-refractivity contribution in [3.8, 4) is 0 Å². The molecule has 0 bridgehead atoms. The van der Waals surface area contributed by atoms with Crippen molar-refractivity contribution in [2.75, 3.05) is 37.6 Å². The maximum atomic E-state index is 13.3. The van der Waals surface area contributed by atoms with Gasteiger partial charge in [0.25, 0.3) is 0 Å². The number of anilines is 1. The number of halogens is 1. The van der Waals surface area contributed by atoms with Gasteiger partial charge in [-0.15, -0.1) is 0 Å². The zero-order valence-corrected chi connectivity index (χ0v) is 15.4. The van der Waals surface area contributed by atoms with Crippen molar-refractivity contribution in [1.29, 1.82) is 0 Å². The first kappa shape index (κ1) is 17.9. The van der Waals surface area contributed by atoms with Crippen LogP contribution in [0.3, 0.4) is 0 Å². The van der Waals surface area contributed by atoms with Gasteiger partial charge in [0.05, 0.1) is 6.54 Å². The summed E-state index contributed by atoms with van der Waals surface area (Å²) in [4.78, 5) is 21.2. The fraction of sp³-hybridized carbons (Fsp3) is 0.429. The Bertz CT molecular complexity index is 771. The highest BCUT2D eigenvalue weighted by atomic mass is 19.1. The average molecular weight is 368 g/mol. The highest BCUT2D eigenvalue weighted by Crippen LogP contribution is 2.36. The van der Waals surface area contributed by atoms with E-state index in [4.69, 9.17) is 0 Å². The van der Waals surface area contributed by atoms with E-state index in [9.17, 15) is 9.18 Å². The fourth-order valence-electron chi connectivity index (χ4n) is 3.92. The molecule has 0 unspecified atom stereocenters. The summed E-state index contributed by atoms with van der Waals surface area (Å²) in [5.74, 6) is 1.25. The molecule has 5 nitrogen and oxygen atoms in total. The van der Waals surface area contributed by atoms with E-state index in [1.165, 1.54) is 6.07 Å². The van der Waals surface area contributed by atoms with E-state index in [1.807, 2.05) is 30.5 Å². The van der Waals surface area contributed by atoms with Gasteiger partial charge in [-0.05, 0) is 48.6 Å². The summed E-state index contributed by atoms with van der Waals surface area (Å²) >= 11 is 0. The summed E-state index contributed by atoms with van der Waals surface area (Å²) in [5, 5.41) is 3.12. The summed E-state index contributed by atoms with van der Waals surface area (Å²) in [6.45, 7) is 3.93. The normalized spacial score (nSPS) is 22.9. The van der Waals surface area contributed by atoms with Crippen LogP contribution in [0.15, 0.2) is 48.7 Å². The third kappa shape index (κ3) is 4.45. The maximum absolute atomic E-state index is 13.3. The molecule has 4 rings (SSSR count). The Morgan fingerprint density at radius 1 is 1.11 bits per heavy atom. The lowest BCUT2D eigenvalue weighted by Crippen LogP contribution is -2.52. The van der Waals surface area contributed by atoms with Gasteiger partial charge in [-0.1, -0.05) is 18.2 Å². The number of amides is 1. The lowest BCUT2D eigenvalue weighted by atomic mass is 9.76. The quantitative estimate of drug-likeness (QED) is 0.881. The number of carbonyl (C=O) groups excluding carboxylic acids is 1. The first-order chi connectivity index (χ1) is 13.2. The Morgan fingerprint density at radius 2 is 1.93 bits per heavy atom. The SMILES string of the molecule is O=C(CN1CCN(c2ccccn2)CC1)NC1CC(c2cccc(F)c2)C1. The number of piperazine rings is 1. The molecule has 1 aromatic carbocycles. The first-order valence-corrected chi connectivity index (χ1v) is 9.60. The molecular weight excluding hydrogens is 343 g/mol. The molecular formula is C21H25FN4O. The Morgan fingerprint density at radius 3 is 2.63 bits per heavy atom. The number of hydrogen-bond donors (Lipinski definition) is 1. The molecule has 1 aliphatic carbocycles.